The number of benzene rings is 2. The van der Waals surface area contributed by atoms with Crippen LogP contribution in [0.25, 0.3) is 0 Å². The molecule has 0 aliphatic carbocycles. The van der Waals surface area contributed by atoms with Crippen molar-refractivity contribution in [3.05, 3.63) is 89.0 Å². The summed E-state index contributed by atoms with van der Waals surface area (Å²) in [7, 11) is 1.73. The Hall–Kier alpha value is -3.33. The predicted molar refractivity (Wildman–Crippen MR) is 183 cm³/mol. The molecule has 3 saturated heterocycles. The van der Waals surface area contributed by atoms with Gasteiger partial charge in [-0.3, -0.25) is 19.5 Å². The van der Waals surface area contributed by atoms with Gasteiger partial charge < -0.3 is 9.64 Å². The first-order chi connectivity index (χ1) is 22.3. The van der Waals surface area contributed by atoms with Crippen LogP contribution in [0.15, 0.2) is 60.9 Å². The molecule has 8 heteroatoms. The van der Waals surface area contributed by atoms with Gasteiger partial charge in [-0.25, -0.2) is 9.97 Å². The highest BCUT2D eigenvalue weighted by Gasteiger charge is 2.43. The van der Waals surface area contributed by atoms with Gasteiger partial charge in [0, 0.05) is 63.4 Å². The molecule has 3 fully saturated rings. The van der Waals surface area contributed by atoms with Crippen LogP contribution in [0.3, 0.4) is 0 Å². The summed E-state index contributed by atoms with van der Waals surface area (Å²) in [6, 6.07) is 20.7. The first-order valence-corrected chi connectivity index (χ1v) is 17.2. The largest absolute Gasteiger partial charge is 0.497 e. The van der Waals surface area contributed by atoms with Crippen molar-refractivity contribution < 1.29 is 9.53 Å². The van der Waals surface area contributed by atoms with Crippen LogP contribution < -0.4 is 4.74 Å². The molecule has 3 aliphatic heterocycles. The first kappa shape index (κ1) is 32.6. The van der Waals surface area contributed by atoms with Gasteiger partial charge >= 0.3 is 0 Å². The predicted octanol–water partition coefficient (Wildman–Crippen LogP) is 5.76. The number of rotatable bonds is 8. The van der Waals surface area contributed by atoms with Crippen LogP contribution in [0, 0.1) is 19.8 Å². The summed E-state index contributed by atoms with van der Waals surface area (Å²) in [6.45, 7) is 16.7. The highest BCUT2D eigenvalue weighted by molar-refractivity contribution is 5.96. The molecule has 0 N–H and O–H groups in total. The zero-order valence-electron chi connectivity index (χ0n) is 28.5. The summed E-state index contributed by atoms with van der Waals surface area (Å²) in [4.78, 5) is 32.3. The molecule has 1 amide bonds. The highest BCUT2D eigenvalue weighted by atomic mass is 16.5. The average Bonchev–Trinajstić information content (AvgIpc) is 3.07. The number of carbonyl (C=O) groups is 1. The number of piperidine rings is 2. The van der Waals surface area contributed by atoms with Crippen molar-refractivity contribution >= 4 is 5.91 Å². The topological polar surface area (TPSA) is 65.0 Å². The Morgan fingerprint density at radius 2 is 1.63 bits per heavy atom. The van der Waals surface area contributed by atoms with Gasteiger partial charge in [-0.05, 0) is 89.1 Å². The van der Waals surface area contributed by atoms with E-state index in [1.54, 1.807) is 13.4 Å². The van der Waals surface area contributed by atoms with Gasteiger partial charge in [0.25, 0.3) is 5.91 Å². The van der Waals surface area contributed by atoms with Crippen molar-refractivity contribution in [2.75, 3.05) is 52.9 Å². The van der Waals surface area contributed by atoms with E-state index in [2.05, 4.69) is 93.1 Å². The smallest absolute Gasteiger partial charge is 0.257 e. The molecule has 0 bridgehead atoms. The second-order valence-electron chi connectivity index (χ2n) is 14.1. The van der Waals surface area contributed by atoms with Gasteiger partial charge in [0.15, 0.2) is 0 Å². The molecule has 3 atom stereocenters. The molecule has 2 unspecified atom stereocenters. The number of carbonyl (C=O) groups excluding carboxylic acids is 1. The lowest BCUT2D eigenvalue weighted by Crippen LogP contribution is -2.63. The molecule has 0 radical (unpaired) electrons. The third-order valence-corrected chi connectivity index (χ3v) is 11.1. The molecular formula is C38H52N6O2. The summed E-state index contributed by atoms with van der Waals surface area (Å²) in [5.74, 6) is 1.58. The number of piperazine rings is 1. The average molecular weight is 625 g/mol. The van der Waals surface area contributed by atoms with E-state index < -0.39 is 0 Å². The lowest BCUT2D eigenvalue weighted by atomic mass is 9.83. The van der Waals surface area contributed by atoms with E-state index in [0.717, 1.165) is 82.3 Å². The third-order valence-electron chi connectivity index (χ3n) is 11.1. The van der Waals surface area contributed by atoms with E-state index in [1.807, 2.05) is 18.7 Å². The van der Waals surface area contributed by atoms with Crippen LogP contribution >= 0.6 is 0 Å². The van der Waals surface area contributed by atoms with Crippen LogP contribution in [-0.4, -0.2) is 100.0 Å². The van der Waals surface area contributed by atoms with E-state index in [0.29, 0.717) is 23.6 Å². The maximum atomic E-state index is 13.5. The molecule has 0 saturated carbocycles. The van der Waals surface area contributed by atoms with Gasteiger partial charge in [0.05, 0.1) is 24.1 Å². The minimum atomic E-state index is 0.0788. The number of hydrogen-bond acceptors (Lipinski definition) is 7. The summed E-state index contributed by atoms with van der Waals surface area (Å²) in [5.41, 5.74) is 5.11. The van der Waals surface area contributed by atoms with E-state index >= 15 is 0 Å². The van der Waals surface area contributed by atoms with Crippen LogP contribution in [0.5, 0.6) is 5.75 Å². The van der Waals surface area contributed by atoms with E-state index in [-0.39, 0.29) is 11.4 Å². The summed E-state index contributed by atoms with van der Waals surface area (Å²) >= 11 is 0. The summed E-state index contributed by atoms with van der Waals surface area (Å²) < 4.78 is 5.38. The van der Waals surface area contributed by atoms with Crippen LogP contribution in [-0.2, 0) is 6.54 Å². The molecule has 3 aromatic rings. The molecule has 0 spiro atoms. The Morgan fingerprint density at radius 1 is 0.935 bits per heavy atom. The van der Waals surface area contributed by atoms with E-state index in [1.165, 1.54) is 24.0 Å². The molecule has 3 aliphatic rings. The lowest BCUT2D eigenvalue weighted by molar-refractivity contribution is -0.0452. The number of aromatic nitrogens is 2. The highest BCUT2D eigenvalue weighted by Crippen LogP contribution is 2.39. The van der Waals surface area contributed by atoms with Crippen molar-refractivity contribution in [3.63, 3.8) is 0 Å². The summed E-state index contributed by atoms with van der Waals surface area (Å²) in [5, 5.41) is 0. The number of methoxy groups -OCH3 is 1. The zero-order valence-corrected chi connectivity index (χ0v) is 28.5. The lowest BCUT2D eigenvalue weighted by Gasteiger charge is -2.54. The second kappa shape index (κ2) is 14.2. The molecule has 1 aromatic heterocycles. The van der Waals surface area contributed by atoms with E-state index in [9.17, 15) is 4.79 Å². The van der Waals surface area contributed by atoms with Crippen LogP contribution in [0.1, 0.15) is 78.4 Å². The molecule has 6 rings (SSSR count). The van der Waals surface area contributed by atoms with Crippen molar-refractivity contribution in [2.24, 2.45) is 5.92 Å². The van der Waals surface area contributed by atoms with Gasteiger partial charge in [0.2, 0.25) is 0 Å². The number of ether oxygens (including phenoxy) is 1. The maximum Gasteiger partial charge on any atom is 0.257 e. The molecule has 246 valence electrons. The Labute approximate surface area is 275 Å². The molecular weight excluding hydrogens is 572 g/mol. The fraction of sp³-hybridized carbons (Fsp3) is 0.553. The van der Waals surface area contributed by atoms with E-state index in [4.69, 9.17) is 4.74 Å². The van der Waals surface area contributed by atoms with Crippen molar-refractivity contribution in [1.82, 2.24) is 29.6 Å². The fourth-order valence-electron chi connectivity index (χ4n) is 8.31. The van der Waals surface area contributed by atoms with Gasteiger partial charge in [-0.2, -0.15) is 0 Å². The van der Waals surface area contributed by atoms with Crippen LogP contribution in [0.4, 0.5) is 0 Å². The van der Waals surface area contributed by atoms with Crippen molar-refractivity contribution in [3.8, 4) is 5.75 Å². The molecule has 8 nitrogen and oxygen atoms in total. The minimum Gasteiger partial charge on any atom is -0.497 e. The molecule has 2 aromatic carbocycles. The standard InChI is InChI=1S/C38H52N6O2/c1-28-24-43(38(4)17-20-42(21-18-38)37(45)35-29(2)39-27-40-30(35)3)22-23-44(28)36(32-10-7-6-8-11-32)33-12-9-19-41(26-33)25-31-13-15-34(46-5)16-14-31/h6-8,10-11,13-16,27-28,33,36H,9,12,17-26H2,1-5H3/t28-,33?,36?/m0/s1. The number of hydrogen-bond donors (Lipinski definition) is 0. The van der Waals surface area contributed by atoms with Crippen LogP contribution in [0.2, 0.25) is 0 Å². The fourth-order valence-corrected chi connectivity index (χ4v) is 8.31. The normalized spacial score (nSPS) is 23.6. The van der Waals surface area contributed by atoms with Gasteiger partial charge in [0.1, 0.15) is 12.1 Å². The second-order valence-corrected chi connectivity index (χ2v) is 14.1. The maximum absolute atomic E-state index is 13.5. The Bertz CT molecular complexity index is 1440. The quantitative estimate of drug-likeness (QED) is 0.316. The zero-order chi connectivity index (χ0) is 32.3. The minimum absolute atomic E-state index is 0.0788. The number of aryl methyl sites for hydroxylation is 2. The SMILES string of the molecule is COc1ccc(CN2CCCC(C(c3ccccc3)N3CCN(C4(C)CCN(C(=O)c5c(C)ncnc5C)CC4)C[C@@H]3C)C2)cc1. The Balaban J connectivity index is 1.12. The van der Waals surface area contributed by atoms with Crippen molar-refractivity contribution in [2.45, 2.75) is 77.5 Å². The van der Waals surface area contributed by atoms with Crippen molar-refractivity contribution in [1.29, 1.82) is 0 Å². The number of amides is 1. The Kier molecular flexibility index (Phi) is 10.1. The third kappa shape index (κ3) is 6.99. The summed E-state index contributed by atoms with van der Waals surface area (Å²) in [6.07, 6.45) is 6.02. The number of nitrogens with zero attached hydrogens (tertiary/aromatic N) is 6. The Morgan fingerprint density at radius 3 is 2.28 bits per heavy atom. The first-order valence-electron chi connectivity index (χ1n) is 17.2. The van der Waals surface area contributed by atoms with Gasteiger partial charge in [-0.15, -0.1) is 0 Å². The number of likely N-dealkylation sites (tertiary alicyclic amines) is 2. The van der Waals surface area contributed by atoms with Gasteiger partial charge in [-0.1, -0.05) is 42.5 Å². The molecule has 46 heavy (non-hydrogen) atoms. The molecule has 4 heterocycles. The monoisotopic (exact) mass is 624 g/mol.